The van der Waals surface area contributed by atoms with Crippen LogP contribution in [-0.2, 0) is 24.9 Å². The largest absolute Gasteiger partial charge is 0.310 e. The van der Waals surface area contributed by atoms with Crippen molar-refractivity contribution in [2.75, 3.05) is 11.9 Å². The number of hydrogen-bond donors (Lipinski definition) is 0. The highest BCUT2D eigenvalue weighted by molar-refractivity contribution is 5.95. The van der Waals surface area contributed by atoms with Gasteiger partial charge in [0.1, 0.15) is 0 Å². The quantitative estimate of drug-likeness (QED) is 0.187. The molecule has 0 fully saturated rings. The number of benzene rings is 7. The van der Waals surface area contributed by atoms with Gasteiger partial charge >= 0.3 is 0 Å². The third-order valence-corrected chi connectivity index (χ3v) is 11.0. The van der Waals surface area contributed by atoms with Crippen LogP contribution in [0.4, 0.5) is 17.1 Å². The standard InChI is InChI=1S/C47H36N2/c1-48(30-32-22-25-36(26-23-32)49-45-20-10-2-12-34(45)29-35-13-3-11-21-46(35)49)31-33-24-27-44-40(28-33)39-16-6-9-19-43(39)47(44)41-17-7-4-14-37(41)38-15-5-8-18-42(38)47/h2-28H,29-31H2,1H3. The van der Waals surface area contributed by atoms with Crippen molar-refractivity contribution in [3.63, 3.8) is 0 Å². The van der Waals surface area contributed by atoms with E-state index in [1.165, 1.54) is 83.8 Å². The van der Waals surface area contributed by atoms with Crippen LogP contribution in [0.2, 0.25) is 0 Å². The number of rotatable bonds is 5. The number of para-hydroxylation sites is 2. The van der Waals surface area contributed by atoms with E-state index >= 15 is 0 Å². The zero-order chi connectivity index (χ0) is 32.5. The summed E-state index contributed by atoms with van der Waals surface area (Å²) in [4.78, 5) is 4.84. The summed E-state index contributed by atoms with van der Waals surface area (Å²) in [6.45, 7) is 1.76. The maximum absolute atomic E-state index is 2.46. The van der Waals surface area contributed by atoms with Crippen molar-refractivity contribution in [1.29, 1.82) is 0 Å². The second-order valence-electron chi connectivity index (χ2n) is 13.9. The smallest absolute Gasteiger partial charge is 0.0725 e. The molecule has 0 bridgehead atoms. The molecule has 1 spiro atoms. The molecule has 0 amide bonds. The van der Waals surface area contributed by atoms with Gasteiger partial charge in [-0.05, 0) is 104 Å². The molecule has 2 nitrogen and oxygen atoms in total. The van der Waals surface area contributed by atoms with Gasteiger partial charge in [0.2, 0.25) is 0 Å². The Kier molecular flexibility index (Phi) is 6.31. The van der Waals surface area contributed by atoms with Crippen molar-refractivity contribution >= 4 is 17.1 Å². The van der Waals surface area contributed by atoms with Crippen LogP contribution in [0.3, 0.4) is 0 Å². The highest BCUT2D eigenvalue weighted by Crippen LogP contribution is 2.62. The maximum Gasteiger partial charge on any atom is 0.0725 e. The Labute approximate surface area is 288 Å². The van der Waals surface area contributed by atoms with Gasteiger partial charge in [0, 0.05) is 36.6 Å². The zero-order valence-electron chi connectivity index (χ0n) is 27.6. The van der Waals surface area contributed by atoms with Crippen LogP contribution in [0.25, 0.3) is 22.3 Å². The lowest BCUT2D eigenvalue weighted by Gasteiger charge is -2.33. The van der Waals surface area contributed by atoms with E-state index in [4.69, 9.17) is 0 Å². The molecule has 3 aliphatic rings. The normalized spacial score (nSPS) is 14.2. The van der Waals surface area contributed by atoms with Crippen LogP contribution in [0.15, 0.2) is 164 Å². The molecule has 0 atom stereocenters. The lowest BCUT2D eigenvalue weighted by molar-refractivity contribution is 0.319. The fourth-order valence-corrected chi connectivity index (χ4v) is 9.04. The minimum atomic E-state index is -0.277. The van der Waals surface area contributed by atoms with Crippen LogP contribution >= 0.6 is 0 Å². The lowest BCUT2D eigenvalue weighted by atomic mass is 9.70. The van der Waals surface area contributed by atoms with Gasteiger partial charge < -0.3 is 4.90 Å². The average Bonchev–Trinajstić information content (AvgIpc) is 3.61. The predicted octanol–water partition coefficient (Wildman–Crippen LogP) is 11.0. The van der Waals surface area contributed by atoms with Gasteiger partial charge in [-0.15, -0.1) is 0 Å². The molecule has 0 radical (unpaired) electrons. The minimum Gasteiger partial charge on any atom is -0.310 e. The van der Waals surface area contributed by atoms with E-state index in [2.05, 4.69) is 181 Å². The summed E-state index contributed by atoms with van der Waals surface area (Å²) in [6.07, 6.45) is 0.974. The Morgan fingerprint density at radius 2 is 0.918 bits per heavy atom. The summed E-state index contributed by atoms with van der Waals surface area (Å²) in [5, 5.41) is 0. The summed E-state index contributed by atoms with van der Waals surface area (Å²) in [7, 11) is 2.23. The minimum absolute atomic E-state index is 0.277. The van der Waals surface area contributed by atoms with Gasteiger partial charge in [0.05, 0.1) is 5.41 Å². The van der Waals surface area contributed by atoms with Crippen molar-refractivity contribution in [1.82, 2.24) is 4.90 Å². The molecular formula is C47H36N2. The van der Waals surface area contributed by atoms with E-state index in [9.17, 15) is 0 Å². The molecule has 0 unspecified atom stereocenters. The number of anilines is 3. The van der Waals surface area contributed by atoms with Crippen molar-refractivity contribution in [3.05, 3.63) is 208 Å². The molecule has 7 aromatic carbocycles. The van der Waals surface area contributed by atoms with Crippen LogP contribution in [0, 0.1) is 0 Å². The predicted molar refractivity (Wildman–Crippen MR) is 202 cm³/mol. The highest BCUT2D eigenvalue weighted by Gasteiger charge is 2.51. The summed E-state index contributed by atoms with van der Waals surface area (Å²) in [5.74, 6) is 0. The van der Waals surface area contributed by atoms with E-state index in [0.29, 0.717) is 0 Å². The fourth-order valence-electron chi connectivity index (χ4n) is 9.04. The van der Waals surface area contributed by atoms with Crippen molar-refractivity contribution in [3.8, 4) is 22.3 Å². The topological polar surface area (TPSA) is 6.48 Å². The molecule has 1 heterocycles. The summed E-state index contributed by atoms with van der Waals surface area (Å²) in [5.41, 5.74) is 19.9. The van der Waals surface area contributed by atoms with Crippen molar-refractivity contribution in [2.24, 2.45) is 0 Å². The van der Waals surface area contributed by atoms with E-state index in [1.54, 1.807) is 0 Å². The first-order valence-corrected chi connectivity index (χ1v) is 17.4. The molecule has 7 aromatic rings. The maximum atomic E-state index is 2.46. The number of nitrogens with zero attached hydrogens (tertiary/aromatic N) is 2. The summed E-state index contributed by atoms with van der Waals surface area (Å²) in [6, 6.07) is 61.1. The van der Waals surface area contributed by atoms with Crippen LogP contribution < -0.4 is 4.90 Å². The van der Waals surface area contributed by atoms with E-state index in [0.717, 1.165) is 19.5 Å². The molecule has 2 aliphatic carbocycles. The zero-order valence-corrected chi connectivity index (χ0v) is 27.6. The van der Waals surface area contributed by atoms with Crippen molar-refractivity contribution in [2.45, 2.75) is 24.9 Å². The molecule has 0 aromatic heterocycles. The fraction of sp³-hybridized carbons (Fsp3) is 0.106. The van der Waals surface area contributed by atoms with E-state index in [-0.39, 0.29) is 5.41 Å². The number of hydrogen-bond acceptors (Lipinski definition) is 2. The Bertz CT molecular complexity index is 2310. The first kappa shape index (κ1) is 28.3. The van der Waals surface area contributed by atoms with Crippen molar-refractivity contribution < 1.29 is 0 Å². The van der Waals surface area contributed by atoms with Crippen LogP contribution in [-0.4, -0.2) is 11.9 Å². The molecule has 2 heteroatoms. The Morgan fingerprint density at radius 3 is 1.51 bits per heavy atom. The first-order valence-electron chi connectivity index (χ1n) is 17.4. The van der Waals surface area contributed by atoms with Crippen LogP contribution in [0.1, 0.15) is 44.5 Å². The Morgan fingerprint density at radius 1 is 0.469 bits per heavy atom. The molecule has 0 saturated carbocycles. The lowest BCUT2D eigenvalue weighted by Crippen LogP contribution is -2.25. The van der Waals surface area contributed by atoms with Gasteiger partial charge in [-0.25, -0.2) is 0 Å². The van der Waals surface area contributed by atoms with Gasteiger partial charge in [-0.3, -0.25) is 4.90 Å². The molecule has 234 valence electrons. The molecule has 0 N–H and O–H groups in total. The average molecular weight is 629 g/mol. The van der Waals surface area contributed by atoms with Gasteiger partial charge in [0.25, 0.3) is 0 Å². The van der Waals surface area contributed by atoms with Crippen LogP contribution in [0.5, 0.6) is 0 Å². The molecular weight excluding hydrogens is 593 g/mol. The molecule has 10 rings (SSSR count). The third kappa shape index (κ3) is 4.17. The van der Waals surface area contributed by atoms with Gasteiger partial charge in [0.15, 0.2) is 0 Å². The highest BCUT2D eigenvalue weighted by atomic mass is 15.2. The second-order valence-corrected chi connectivity index (χ2v) is 13.9. The monoisotopic (exact) mass is 628 g/mol. The molecule has 1 aliphatic heterocycles. The first-order chi connectivity index (χ1) is 24.2. The molecule has 49 heavy (non-hydrogen) atoms. The Hall–Kier alpha value is -5.70. The summed E-state index contributed by atoms with van der Waals surface area (Å²) < 4.78 is 0. The third-order valence-electron chi connectivity index (χ3n) is 11.0. The number of fused-ring (bicyclic) bond motifs is 12. The van der Waals surface area contributed by atoms with E-state index in [1.807, 2.05) is 0 Å². The second kappa shape index (κ2) is 10.9. The van der Waals surface area contributed by atoms with Gasteiger partial charge in [-0.1, -0.05) is 133 Å². The molecule has 0 saturated heterocycles. The Balaban J connectivity index is 0.951. The van der Waals surface area contributed by atoms with E-state index < -0.39 is 0 Å². The SMILES string of the molecule is CN(Cc1ccc(N2c3ccccc3Cc3ccccc32)cc1)Cc1ccc2c(c1)-c1ccccc1C21c2ccccc2-c2ccccc21. The summed E-state index contributed by atoms with van der Waals surface area (Å²) >= 11 is 0. The van der Waals surface area contributed by atoms with Gasteiger partial charge in [-0.2, -0.15) is 0 Å².